The van der Waals surface area contributed by atoms with Gasteiger partial charge in [0.2, 0.25) is 0 Å². The zero-order valence-corrected chi connectivity index (χ0v) is 30.3. The van der Waals surface area contributed by atoms with Crippen LogP contribution in [0.25, 0.3) is 32.2 Å². The summed E-state index contributed by atoms with van der Waals surface area (Å²) in [5, 5.41) is 31.9. The average Bonchev–Trinajstić information content (AvgIpc) is 3.54. The fourth-order valence-electron chi connectivity index (χ4n) is 6.34. The standard InChI is InChI=1S/C37H34ClF2N7O4S/c1-21-44-29-18-43-33(45(4)24-10-14-46(15-11-24)20-37(39,40)36(2,3)51)27(17-41)30(29)34(48)47(21)13-5-6-22-7-8-23(38)16-26(22)25-9-12-42-31-28(35(49)50)19-52-32(25)31/h7-9,12,16,18-19,24,51H,10-11,13-15,20H2,1-4H3,(H,49,50). The van der Waals surface area contributed by atoms with Crippen LogP contribution in [-0.2, 0) is 6.54 Å². The number of aromatic nitrogens is 4. The molecule has 15 heteroatoms. The van der Waals surface area contributed by atoms with Crippen molar-refractivity contribution in [3.05, 3.63) is 79.9 Å². The van der Waals surface area contributed by atoms with Crippen LogP contribution in [0.2, 0.25) is 5.02 Å². The Morgan fingerprint density at radius 2 is 1.92 bits per heavy atom. The Morgan fingerprint density at radius 3 is 2.60 bits per heavy atom. The molecular formula is C37H34ClF2N7O4S. The van der Waals surface area contributed by atoms with Gasteiger partial charge in [-0.3, -0.25) is 19.2 Å². The van der Waals surface area contributed by atoms with Gasteiger partial charge < -0.3 is 15.1 Å². The highest BCUT2D eigenvalue weighted by Gasteiger charge is 2.47. The van der Waals surface area contributed by atoms with Crippen molar-refractivity contribution in [3.63, 3.8) is 0 Å². The first-order valence-electron chi connectivity index (χ1n) is 16.3. The molecular weight excluding hydrogens is 712 g/mol. The van der Waals surface area contributed by atoms with Crippen molar-refractivity contribution >= 4 is 55.8 Å². The first kappa shape index (κ1) is 36.8. The lowest BCUT2D eigenvalue weighted by molar-refractivity contribution is -0.173. The third-order valence-electron chi connectivity index (χ3n) is 9.46. The normalized spacial score (nSPS) is 14.3. The summed E-state index contributed by atoms with van der Waals surface area (Å²) in [5.74, 6) is 2.51. The number of aryl methyl sites for hydroxylation is 1. The summed E-state index contributed by atoms with van der Waals surface area (Å²) in [4.78, 5) is 42.5. The molecule has 0 bridgehead atoms. The number of anilines is 1. The number of fused-ring (bicyclic) bond motifs is 2. The molecule has 11 nitrogen and oxygen atoms in total. The van der Waals surface area contributed by atoms with Gasteiger partial charge in [0.15, 0.2) is 0 Å². The maximum Gasteiger partial charge on any atom is 0.338 e. The summed E-state index contributed by atoms with van der Waals surface area (Å²) in [6, 6.07) is 8.99. The van der Waals surface area contributed by atoms with Gasteiger partial charge >= 0.3 is 5.97 Å². The first-order chi connectivity index (χ1) is 24.6. The lowest BCUT2D eigenvalue weighted by atomic mass is 9.97. The Kier molecular flexibility index (Phi) is 10.0. The fourth-order valence-corrected chi connectivity index (χ4v) is 7.54. The van der Waals surface area contributed by atoms with Crippen LogP contribution in [0.15, 0.2) is 46.8 Å². The van der Waals surface area contributed by atoms with Crippen LogP contribution in [-0.4, -0.2) is 84.8 Å². The summed E-state index contributed by atoms with van der Waals surface area (Å²) in [7, 11) is 1.77. The van der Waals surface area contributed by atoms with E-state index in [4.69, 9.17) is 11.6 Å². The molecule has 52 heavy (non-hydrogen) atoms. The third-order valence-corrected chi connectivity index (χ3v) is 10.7. The van der Waals surface area contributed by atoms with Crippen molar-refractivity contribution in [2.75, 3.05) is 31.6 Å². The number of nitriles is 1. The molecule has 1 aliphatic rings. The van der Waals surface area contributed by atoms with E-state index in [-0.39, 0.29) is 34.6 Å². The Morgan fingerprint density at radius 1 is 1.19 bits per heavy atom. The monoisotopic (exact) mass is 745 g/mol. The minimum atomic E-state index is -3.28. The van der Waals surface area contributed by atoms with Crippen molar-refractivity contribution in [2.24, 2.45) is 0 Å². The number of halogens is 3. The summed E-state index contributed by atoms with van der Waals surface area (Å²) < 4.78 is 31.1. The van der Waals surface area contributed by atoms with Gasteiger partial charge in [-0.2, -0.15) is 5.26 Å². The number of pyridine rings is 2. The van der Waals surface area contributed by atoms with Crippen LogP contribution in [0.4, 0.5) is 14.6 Å². The molecule has 0 spiro atoms. The largest absolute Gasteiger partial charge is 0.478 e. The van der Waals surface area contributed by atoms with Crippen LogP contribution >= 0.6 is 22.9 Å². The van der Waals surface area contributed by atoms with Gasteiger partial charge in [0, 0.05) is 59.5 Å². The van der Waals surface area contributed by atoms with Crippen LogP contribution in [0.3, 0.4) is 0 Å². The Bertz CT molecular complexity index is 2380. The quantitative estimate of drug-likeness (QED) is 0.182. The summed E-state index contributed by atoms with van der Waals surface area (Å²) >= 11 is 7.64. The van der Waals surface area contributed by atoms with Gasteiger partial charge in [-0.05, 0) is 57.9 Å². The summed E-state index contributed by atoms with van der Waals surface area (Å²) in [6.45, 7) is 3.98. The van der Waals surface area contributed by atoms with Gasteiger partial charge in [0.1, 0.15) is 28.9 Å². The maximum absolute atomic E-state index is 14.5. The molecule has 4 aromatic heterocycles. The number of thiophene rings is 1. The van der Waals surface area contributed by atoms with E-state index >= 15 is 0 Å². The van der Waals surface area contributed by atoms with Crippen LogP contribution in [0, 0.1) is 30.1 Å². The topological polar surface area (TPSA) is 148 Å². The predicted molar refractivity (Wildman–Crippen MR) is 196 cm³/mol. The van der Waals surface area contributed by atoms with Gasteiger partial charge in [0.05, 0.1) is 46.0 Å². The Hall–Kier alpha value is -4.99. The number of piperidine rings is 1. The molecule has 0 saturated carbocycles. The number of hydrogen-bond acceptors (Lipinski definition) is 10. The molecule has 5 heterocycles. The van der Waals surface area contributed by atoms with E-state index in [1.807, 2.05) is 4.90 Å². The van der Waals surface area contributed by atoms with Crippen molar-refractivity contribution < 1.29 is 23.8 Å². The maximum atomic E-state index is 14.5. The summed E-state index contributed by atoms with van der Waals surface area (Å²) in [6.07, 6.45) is 4.02. The second kappa shape index (κ2) is 14.2. The molecule has 1 aromatic carbocycles. The lowest BCUT2D eigenvalue weighted by Crippen LogP contribution is -2.53. The third kappa shape index (κ3) is 6.95. The van der Waals surface area contributed by atoms with E-state index in [1.54, 1.807) is 48.5 Å². The Labute approximate surface area is 306 Å². The number of carbonyl (C=O) groups is 1. The second-order valence-corrected chi connectivity index (χ2v) is 14.6. The van der Waals surface area contributed by atoms with Crippen molar-refractivity contribution in [2.45, 2.75) is 57.7 Å². The molecule has 268 valence electrons. The molecule has 0 radical (unpaired) electrons. The molecule has 6 rings (SSSR count). The minimum Gasteiger partial charge on any atom is -0.478 e. The lowest BCUT2D eigenvalue weighted by Gasteiger charge is -2.40. The second-order valence-electron chi connectivity index (χ2n) is 13.2. The smallest absolute Gasteiger partial charge is 0.338 e. The molecule has 2 N–H and O–H groups in total. The van der Waals surface area contributed by atoms with E-state index < -0.39 is 29.6 Å². The number of rotatable bonds is 8. The fraction of sp³-hybridized carbons (Fsp3) is 0.351. The van der Waals surface area contributed by atoms with E-state index in [9.17, 15) is 33.8 Å². The number of aromatic carboxylic acids is 1. The highest BCUT2D eigenvalue weighted by atomic mass is 35.5. The number of nitrogens with zero attached hydrogens (tertiary/aromatic N) is 7. The molecule has 1 saturated heterocycles. The van der Waals surface area contributed by atoms with E-state index in [1.165, 1.54) is 28.3 Å². The zero-order chi connectivity index (χ0) is 37.5. The number of benzene rings is 1. The highest BCUT2D eigenvalue weighted by molar-refractivity contribution is 7.18. The SMILES string of the molecule is Cc1nc2cnc(N(C)C3CCN(CC(F)(F)C(C)(C)O)CC3)c(C#N)c2c(=O)n1CC#Cc1ccc(Cl)cc1-c1ccnc2c(C(=O)O)csc12. The van der Waals surface area contributed by atoms with E-state index in [0.717, 1.165) is 19.4 Å². The van der Waals surface area contributed by atoms with Crippen LogP contribution < -0.4 is 10.5 Å². The van der Waals surface area contributed by atoms with Gasteiger partial charge in [-0.15, -0.1) is 11.3 Å². The molecule has 1 fully saturated rings. The molecule has 0 unspecified atom stereocenters. The molecule has 0 atom stereocenters. The predicted octanol–water partition coefficient (Wildman–Crippen LogP) is 5.96. The summed E-state index contributed by atoms with van der Waals surface area (Å²) in [5.41, 5.74) is 0.188. The first-order valence-corrected chi connectivity index (χ1v) is 17.6. The average molecular weight is 746 g/mol. The number of alkyl halides is 2. The number of carboxylic acid groups (broad SMARTS) is 1. The number of carboxylic acids is 1. The van der Waals surface area contributed by atoms with Crippen LogP contribution in [0.5, 0.6) is 0 Å². The van der Waals surface area contributed by atoms with Crippen molar-refractivity contribution in [3.8, 4) is 29.0 Å². The van der Waals surface area contributed by atoms with Crippen molar-refractivity contribution in [1.29, 1.82) is 5.26 Å². The van der Waals surface area contributed by atoms with Crippen LogP contribution in [0.1, 0.15) is 54.0 Å². The minimum absolute atomic E-state index is 0.0459. The Balaban J connectivity index is 1.29. The highest BCUT2D eigenvalue weighted by Crippen LogP contribution is 2.37. The number of hydrogen-bond donors (Lipinski definition) is 2. The molecule has 1 aliphatic heterocycles. The zero-order valence-electron chi connectivity index (χ0n) is 28.7. The van der Waals surface area contributed by atoms with Gasteiger partial charge in [-0.1, -0.05) is 23.4 Å². The molecule has 0 amide bonds. The number of likely N-dealkylation sites (tertiary alicyclic amines) is 1. The van der Waals surface area contributed by atoms with E-state index in [0.29, 0.717) is 63.9 Å². The number of aliphatic hydroxyl groups is 1. The van der Waals surface area contributed by atoms with Crippen molar-refractivity contribution in [1.82, 2.24) is 24.4 Å². The van der Waals surface area contributed by atoms with E-state index in [2.05, 4.69) is 32.9 Å². The van der Waals surface area contributed by atoms with Gasteiger partial charge in [0.25, 0.3) is 11.5 Å². The molecule has 0 aliphatic carbocycles. The van der Waals surface area contributed by atoms with Gasteiger partial charge in [-0.25, -0.2) is 23.5 Å². The molecule has 5 aromatic rings.